The lowest BCUT2D eigenvalue weighted by Crippen LogP contribution is -2.15. The fourth-order valence-corrected chi connectivity index (χ4v) is 3.72. The standard InChI is InChI=1S/C23H25N3O3S/c1-15(2)29-22(28)18-6-8-19(9-7-18)25-21(27)14-30-23-24-11-12-26(23)20-10-5-16(3)13-17(20)4/h5-13,15H,14H2,1-4H3,(H,25,27). The van der Waals surface area contributed by atoms with Crippen LogP contribution in [0.25, 0.3) is 5.69 Å². The number of thioether (sulfide) groups is 1. The summed E-state index contributed by atoms with van der Waals surface area (Å²) in [6.07, 6.45) is 3.45. The maximum absolute atomic E-state index is 12.4. The molecule has 156 valence electrons. The first kappa shape index (κ1) is 21.6. The van der Waals surface area contributed by atoms with Crippen molar-refractivity contribution in [3.8, 4) is 5.69 Å². The van der Waals surface area contributed by atoms with Gasteiger partial charge in [0.25, 0.3) is 0 Å². The molecule has 7 heteroatoms. The fourth-order valence-electron chi connectivity index (χ4n) is 2.95. The number of carbonyl (C=O) groups excluding carboxylic acids is 2. The zero-order chi connectivity index (χ0) is 21.7. The summed E-state index contributed by atoms with van der Waals surface area (Å²) < 4.78 is 7.15. The van der Waals surface area contributed by atoms with Crippen molar-refractivity contribution in [2.45, 2.75) is 39.0 Å². The molecule has 0 atom stereocenters. The number of amides is 1. The van der Waals surface area contributed by atoms with E-state index in [0.29, 0.717) is 11.3 Å². The number of ether oxygens (including phenoxy) is 1. The highest BCUT2D eigenvalue weighted by Gasteiger charge is 2.12. The summed E-state index contributed by atoms with van der Waals surface area (Å²) in [4.78, 5) is 28.6. The molecule has 3 rings (SSSR count). The Morgan fingerprint density at radius 1 is 1.13 bits per heavy atom. The molecule has 0 radical (unpaired) electrons. The van der Waals surface area contributed by atoms with E-state index < -0.39 is 0 Å². The van der Waals surface area contributed by atoms with Crippen molar-refractivity contribution < 1.29 is 14.3 Å². The number of carbonyl (C=O) groups is 2. The molecule has 0 saturated carbocycles. The van der Waals surface area contributed by atoms with Gasteiger partial charge in [0, 0.05) is 18.1 Å². The molecule has 1 N–H and O–H groups in total. The SMILES string of the molecule is Cc1ccc(-n2ccnc2SCC(=O)Nc2ccc(C(=O)OC(C)C)cc2)c(C)c1. The monoisotopic (exact) mass is 423 g/mol. The Hall–Kier alpha value is -3.06. The van der Waals surface area contributed by atoms with E-state index in [2.05, 4.69) is 42.3 Å². The topological polar surface area (TPSA) is 73.2 Å². The molecular weight excluding hydrogens is 398 g/mol. The fraction of sp³-hybridized carbons (Fsp3) is 0.261. The molecule has 0 aliphatic rings. The number of nitrogens with one attached hydrogen (secondary N) is 1. The van der Waals surface area contributed by atoms with E-state index in [1.165, 1.54) is 17.3 Å². The van der Waals surface area contributed by atoms with Gasteiger partial charge in [0.1, 0.15) is 0 Å². The number of hydrogen-bond donors (Lipinski definition) is 1. The van der Waals surface area contributed by atoms with Gasteiger partial charge in [0.2, 0.25) is 5.91 Å². The van der Waals surface area contributed by atoms with Crippen LogP contribution in [0, 0.1) is 13.8 Å². The van der Waals surface area contributed by atoms with E-state index in [9.17, 15) is 9.59 Å². The van der Waals surface area contributed by atoms with E-state index in [1.54, 1.807) is 44.3 Å². The first-order valence-corrected chi connectivity index (χ1v) is 10.7. The second kappa shape index (κ2) is 9.63. The van der Waals surface area contributed by atoms with Crippen LogP contribution >= 0.6 is 11.8 Å². The summed E-state index contributed by atoms with van der Waals surface area (Å²) in [5.74, 6) is -0.302. The van der Waals surface area contributed by atoms with Gasteiger partial charge in [-0.1, -0.05) is 29.5 Å². The average Bonchev–Trinajstić information content (AvgIpc) is 3.14. The second-order valence-electron chi connectivity index (χ2n) is 7.24. The molecule has 3 aromatic rings. The summed E-state index contributed by atoms with van der Waals surface area (Å²) >= 11 is 1.37. The first-order valence-electron chi connectivity index (χ1n) is 9.68. The van der Waals surface area contributed by atoms with E-state index in [-0.39, 0.29) is 23.7 Å². The molecule has 0 aliphatic carbocycles. The summed E-state index contributed by atoms with van der Waals surface area (Å²) in [6.45, 7) is 7.72. The molecule has 0 saturated heterocycles. The zero-order valence-electron chi connectivity index (χ0n) is 17.5. The van der Waals surface area contributed by atoms with Crippen LogP contribution in [-0.2, 0) is 9.53 Å². The van der Waals surface area contributed by atoms with Gasteiger partial charge in [-0.25, -0.2) is 9.78 Å². The van der Waals surface area contributed by atoms with Crippen LogP contribution in [-0.4, -0.2) is 33.3 Å². The summed E-state index contributed by atoms with van der Waals surface area (Å²) in [5.41, 5.74) is 4.47. The van der Waals surface area contributed by atoms with Gasteiger partial charge in [-0.05, 0) is 63.6 Å². The Bertz CT molecular complexity index is 1040. The minimum absolute atomic E-state index is 0.146. The maximum atomic E-state index is 12.4. The highest BCUT2D eigenvalue weighted by atomic mass is 32.2. The van der Waals surface area contributed by atoms with Crippen LogP contribution in [0.15, 0.2) is 60.0 Å². The van der Waals surface area contributed by atoms with Crippen LogP contribution in [0.1, 0.15) is 35.3 Å². The molecule has 1 aromatic heterocycles. The van der Waals surface area contributed by atoms with E-state index >= 15 is 0 Å². The molecule has 0 fully saturated rings. The number of rotatable bonds is 7. The number of anilines is 1. The predicted octanol–water partition coefficient (Wildman–Crippen LogP) is 4.79. The Morgan fingerprint density at radius 2 is 1.87 bits per heavy atom. The molecule has 1 heterocycles. The number of nitrogens with zero attached hydrogens (tertiary/aromatic N) is 2. The Balaban J connectivity index is 1.59. The smallest absolute Gasteiger partial charge is 0.338 e. The molecule has 30 heavy (non-hydrogen) atoms. The number of aromatic nitrogens is 2. The van der Waals surface area contributed by atoms with Crippen molar-refractivity contribution >= 4 is 29.3 Å². The third kappa shape index (κ3) is 5.51. The molecular formula is C23H25N3O3S. The quantitative estimate of drug-likeness (QED) is 0.437. The second-order valence-corrected chi connectivity index (χ2v) is 8.18. The molecule has 0 unspecified atom stereocenters. The van der Waals surface area contributed by atoms with Gasteiger partial charge < -0.3 is 10.1 Å². The molecule has 1 amide bonds. The normalized spacial score (nSPS) is 10.8. The lowest BCUT2D eigenvalue weighted by atomic mass is 10.1. The maximum Gasteiger partial charge on any atom is 0.338 e. The Labute approximate surface area is 180 Å². The van der Waals surface area contributed by atoms with Crippen molar-refractivity contribution in [1.82, 2.24) is 9.55 Å². The molecule has 6 nitrogen and oxygen atoms in total. The predicted molar refractivity (Wildman–Crippen MR) is 119 cm³/mol. The molecule has 0 spiro atoms. The van der Waals surface area contributed by atoms with Gasteiger partial charge >= 0.3 is 5.97 Å². The Kier molecular flexibility index (Phi) is 6.95. The largest absolute Gasteiger partial charge is 0.459 e. The number of imidazole rings is 1. The number of hydrogen-bond acceptors (Lipinski definition) is 5. The van der Waals surface area contributed by atoms with Gasteiger partial charge in [-0.3, -0.25) is 9.36 Å². The van der Waals surface area contributed by atoms with Crippen molar-refractivity contribution in [2.24, 2.45) is 0 Å². The highest BCUT2D eigenvalue weighted by molar-refractivity contribution is 7.99. The number of aryl methyl sites for hydroxylation is 2. The van der Waals surface area contributed by atoms with Crippen LogP contribution in [0.3, 0.4) is 0 Å². The van der Waals surface area contributed by atoms with E-state index in [4.69, 9.17) is 4.74 Å². The van der Waals surface area contributed by atoms with Gasteiger partial charge in [0.15, 0.2) is 5.16 Å². The van der Waals surface area contributed by atoms with Crippen molar-refractivity contribution in [1.29, 1.82) is 0 Å². The van der Waals surface area contributed by atoms with E-state index in [1.807, 2.05) is 10.8 Å². The van der Waals surface area contributed by atoms with E-state index in [0.717, 1.165) is 16.4 Å². The summed E-state index contributed by atoms with van der Waals surface area (Å²) in [6, 6.07) is 12.9. The number of benzene rings is 2. The number of esters is 1. The third-order valence-electron chi connectivity index (χ3n) is 4.30. The minimum Gasteiger partial charge on any atom is -0.459 e. The zero-order valence-corrected chi connectivity index (χ0v) is 18.3. The molecule has 0 aliphatic heterocycles. The molecule has 2 aromatic carbocycles. The van der Waals surface area contributed by atoms with Crippen LogP contribution in [0.4, 0.5) is 5.69 Å². The lowest BCUT2D eigenvalue weighted by Gasteiger charge is -2.11. The highest BCUT2D eigenvalue weighted by Crippen LogP contribution is 2.23. The van der Waals surface area contributed by atoms with Gasteiger partial charge in [0.05, 0.1) is 23.1 Å². The van der Waals surface area contributed by atoms with Gasteiger partial charge in [-0.2, -0.15) is 0 Å². The van der Waals surface area contributed by atoms with Crippen molar-refractivity contribution in [2.75, 3.05) is 11.1 Å². The first-order chi connectivity index (χ1) is 14.3. The van der Waals surface area contributed by atoms with Crippen molar-refractivity contribution in [3.63, 3.8) is 0 Å². The van der Waals surface area contributed by atoms with Crippen LogP contribution in [0.2, 0.25) is 0 Å². The Morgan fingerprint density at radius 3 is 2.53 bits per heavy atom. The van der Waals surface area contributed by atoms with Crippen molar-refractivity contribution in [3.05, 3.63) is 71.5 Å². The van der Waals surface area contributed by atoms with Crippen LogP contribution < -0.4 is 5.32 Å². The van der Waals surface area contributed by atoms with Crippen LogP contribution in [0.5, 0.6) is 0 Å². The average molecular weight is 424 g/mol. The summed E-state index contributed by atoms with van der Waals surface area (Å²) in [7, 11) is 0. The molecule has 0 bridgehead atoms. The third-order valence-corrected chi connectivity index (χ3v) is 5.26. The summed E-state index contributed by atoms with van der Waals surface area (Å²) in [5, 5.41) is 3.59. The van der Waals surface area contributed by atoms with Gasteiger partial charge in [-0.15, -0.1) is 0 Å². The minimum atomic E-state index is -0.378. The lowest BCUT2D eigenvalue weighted by molar-refractivity contribution is -0.113.